The van der Waals surface area contributed by atoms with Crippen LogP contribution in [0.3, 0.4) is 0 Å². The molecule has 0 radical (unpaired) electrons. The number of aromatic nitrogens is 1. The van der Waals surface area contributed by atoms with Crippen molar-refractivity contribution in [3.63, 3.8) is 0 Å². The third-order valence-corrected chi connectivity index (χ3v) is 4.17. The highest BCUT2D eigenvalue weighted by Crippen LogP contribution is 2.31. The number of anilines is 1. The van der Waals surface area contributed by atoms with Gasteiger partial charge in [0.2, 0.25) is 0 Å². The Bertz CT molecular complexity index is 563. The average Bonchev–Trinajstić information content (AvgIpc) is 2.35. The molecule has 0 amide bonds. The average molecular weight is 261 g/mol. The summed E-state index contributed by atoms with van der Waals surface area (Å²) in [6, 6.07) is 11.0. The second-order valence-electron chi connectivity index (χ2n) is 4.99. The fraction of sp³-hybridized carbons (Fsp3) is 0.400. The number of hydrogen-bond donors (Lipinski definition) is 0. The van der Waals surface area contributed by atoms with Crippen LogP contribution < -0.4 is 4.90 Å². The van der Waals surface area contributed by atoms with Gasteiger partial charge in [-0.1, -0.05) is 18.2 Å². The Labute approximate surface area is 113 Å². The first-order valence-corrected chi connectivity index (χ1v) is 7.00. The molecule has 94 valence electrons. The predicted octanol–water partition coefficient (Wildman–Crippen LogP) is 3.96. The van der Waals surface area contributed by atoms with Crippen LogP contribution in [-0.2, 0) is 5.88 Å². The van der Waals surface area contributed by atoms with Crippen LogP contribution in [0.5, 0.6) is 0 Å². The minimum atomic E-state index is 0.518. The van der Waals surface area contributed by atoms with Gasteiger partial charge in [-0.05, 0) is 31.4 Å². The molecule has 1 fully saturated rings. The molecule has 0 atom stereocenters. The minimum Gasteiger partial charge on any atom is -0.356 e. The van der Waals surface area contributed by atoms with Gasteiger partial charge < -0.3 is 4.90 Å². The van der Waals surface area contributed by atoms with E-state index in [0.717, 1.165) is 16.9 Å². The Morgan fingerprint density at radius 1 is 1.33 bits per heavy atom. The first kappa shape index (κ1) is 11.8. The molecule has 1 aliphatic carbocycles. The van der Waals surface area contributed by atoms with Crippen LogP contribution >= 0.6 is 11.6 Å². The number of pyridine rings is 1. The number of hydrogen-bond acceptors (Lipinski definition) is 2. The highest BCUT2D eigenvalue weighted by atomic mass is 35.5. The van der Waals surface area contributed by atoms with E-state index < -0.39 is 0 Å². The van der Waals surface area contributed by atoms with Gasteiger partial charge in [0.1, 0.15) is 5.82 Å². The van der Waals surface area contributed by atoms with E-state index in [1.807, 2.05) is 12.1 Å². The molecular weight excluding hydrogens is 244 g/mol. The molecule has 1 saturated carbocycles. The van der Waals surface area contributed by atoms with Crippen LogP contribution in [0.4, 0.5) is 5.82 Å². The lowest BCUT2D eigenvalue weighted by Gasteiger charge is -2.36. The van der Waals surface area contributed by atoms with Gasteiger partial charge in [0.05, 0.1) is 11.4 Å². The summed E-state index contributed by atoms with van der Waals surface area (Å²) in [4.78, 5) is 7.09. The highest BCUT2D eigenvalue weighted by Gasteiger charge is 2.24. The third kappa shape index (κ3) is 1.95. The van der Waals surface area contributed by atoms with Gasteiger partial charge in [0.25, 0.3) is 0 Å². The van der Waals surface area contributed by atoms with Crippen LogP contribution in [0.2, 0.25) is 0 Å². The summed E-state index contributed by atoms with van der Waals surface area (Å²) in [7, 11) is 2.14. The van der Waals surface area contributed by atoms with Gasteiger partial charge in [-0.25, -0.2) is 4.98 Å². The van der Waals surface area contributed by atoms with Crippen LogP contribution in [0.15, 0.2) is 30.3 Å². The Balaban J connectivity index is 2.08. The van der Waals surface area contributed by atoms with Gasteiger partial charge in [0.15, 0.2) is 0 Å². The molecule has 1 aliphatic rings. The summed E-state index contributed by atoms with van der Waals surface area (Å²) < 4.78 is 0. The highest BCUT2D eigenvalue weighted by molar-refractivity contribution is 6.17. The summed E-state index contributed by atoms with van der Waals surface area (Å²) in [5.41, 5.74) is 2.18. The zero-order chi connectivity index (χ0) is 12.5. The SMILES string of the molecule is CN(c1nc2ccccc2cc1CCl)C1CCC1. The van der Waals surface area contributed by atoms with E-state index in [-0.39, 0.29) is 0 Å². The monoisotopic (exact) mass is 260 g/mol. The molecule has 0 bridgehead atoms. The second kappa shape index (κ2) is 4.77. The lowest BCUT2D eigenvalue weighted by Crippen LogP contribution is -2.38. The number of para-hydroxylation sites is 1. The Hall–Kier alpha value is -1.28. The molecule has 0 aliphatic heterocycles. The van der Waals surface area contributed by atoms with E-state index in [9.17, 15) is 0 Å². The molecule has 2 nitrogen and oxygen atoms in total. The molecule has 0 spiro atoms. The quantitative estimate of drug-likeness (QED) is 0.777. The molecule has 0 saturated heterocycles. The lowest BCUT2D eigenvalue weighted by molar-refractivity contribution is 0.399. The van der Waals surface area contributed by atoms with E-state index in [2.05, 4.69) is 30.1 Å². The van der Waals surface area contributed by atoms with Gasteiger partial charge >= 0.3 is 0 Å². The molecular formula is C15H17ClN2. The number of rotatable bonds is 3. The molecule has 18 heavy (non-hydrogen) atoms. The van der Waals surface area contributed by atoms with Gasteiger partial charge in [-0.3, -0.25) is 0 Å². The van der Waals surface area contributed by atoms with Gasteiger partial charge in [-0.2, -0.15) is 0 Å². The standard InChI is InChI=1S/C15H17ClN2/c1-18(13-6-4-7-13)15-12(10-16)9-11-5-2-3-8-14(11)17-15/h2-3,5,8-9,13H,4,6-7,10H2,1H3. The number of benzene rings is 1. The Morgan fingerprint density at radius 2 is 2.11 bits per heavy atom. The molecule has 2 aromatic rings. The van der Waals surface area contributed by atoms with Gasteiger partial charge in [0, 0.05) is 24.0 Å². The molecule has 0 N–H and O–H groups in total. The molecule has 1 aromatic carbocycles. The molecule has 0 unspecified atom stereocenters. The van der Waals surface area contributed by atoms with E-state index in [1.165, 1.54) is 24.6 Å². The fourth-order valence-electron chi connectivity index (χ4n) is 2.50. The van der Waals surface area contributed by atoms with Crippen LogP contribution in [0.1, 0.15) is 24.8 Å². The van der Waals surface area contributed by atoms with Crippen molar-refractivity contribution in [2.45, 2.75) is 31.2 Å². The normalized spacial score (nSPS) is 15.7. The van der Waals surface area contributed by atoms with E-state index in [0.29, 0.717) is 11.9 Å². The lowest BCUT2D eigenvalue weighted by atomic mass is 9.91. The van der Waals surface area contributed by atoms with E-state index >= 15 is 0 Å². The molecule has 1 heterocycles. The predicted molar refractivity (Wildman–Crippen MR) is 77.3 cm³/mol. The van der Waals surface area contributed by atoms with Crippen molar-refractivity contribution in [3.8, 4) is 0 Å². The summed E-state index contributed by atoms with van der Waals surface area (Å²) >= 11 is 6.08. The Morgan fingerprint density at radius 3 is 2.78 bits per heavy atom. The van der Waals surface area contributed by atoms with E-state index in [4.69, 9.17) is 16.6 Å². The second-order valence-corrected chi connectivity index (χ2v) is 5.26. The number of nitrogens with zero attached hydrogens (tertiary/aromatic N) is 2. The summed E-state index contributed by atoms with van der Waals surface area (Å²) in [5.74, 6) is 1.57. The first-order chi connectivity index (χ1) is 8.79. The third-order valence-electron chi connectivity index (χ3n) is 3.88. The zero-order valence-corrected chi connectivity index (χ0v) is 11.3. The van der Waals surface area contributed by atoms with Crippen LogP contribution in [-0.4, -0.2) is 18.1 Å². The smallest absolute Gasteiger partial charge is 0.133 e. The van der Waals surface area contributed by atoms with Crippen molar-refractivity contribution in [2.24, 2.45) is 0 Å². The maximum atomic E-state index is 6.08. The van der Waals surface area contributed by atoms with Crippen molar-refractivity contribution in [3.05, 3.63) is 35.9 Å². The number of alkyl halides is 1. The van der Waals surface area contributed by atoms with Crippen LogP contribution in [0, 0.1) is 0 Å². The minimum absolute atomic E-state index is 0.518. The van der Waals surface area contributed by atoms with Crippen molar-refractivity contribution >= 4 is 28.3 Å². The van der Waals surface area contributed by atoms with Crippen LogP contribution in [0.25, 0.3) is 10.9 Å². The largest absolute Gasteiger partial charge is 0.356 e. The van der Waals surface area contributed by atoms with Crippen molar-refractivity contribution in [1.29, 1.82) is 0 Å². The molecule has 1 aromatic heterocycles. The number of halogens is 1. The fourth-order valence-corrected chi connectivity index (χ4v) is 2.70. The maximum absolute atomic E-state index is 6.08. The Kier molecular flexibility index (Phi) is 3.13. The van der Waals surface area contributed by atoms with Crippen molar-refractivity contribution in [2.75, 3.05) is 11.9 Å². The molecule has 3 rings (SSSR count). The molecule has 3 heteroatoms. The summed E-state index contributed by atoms with van der Waals surface area (Å²) in [6.45, 7) is 0. The van der Waals surface area contributed by atoms with Gasteiger partial charge in [-0.15, -0.1) is 11.6 Å². The summed E-state index contributed by atoms with van der Waals surface area (Å²) in [6.07, 6.45) is 3.87. The topological polar surface area (TPSA) is 16.1 Å². The first-order valence-electron chi connectivity index (χ1n) is 6.47. The number of fused-ring (bicyclic) bond motifs is 1. The summed E-state index contributed by atoms with van der Waals surface area (Å²) in [5, 5.41) is 1.17. The maximum Gasteiger partial charge on any atom is 0.133 e. The zero-order valence-electron chi connectivity index (χ0n) is 10.6. The van der Waals surface area contributed by atoms with Crippen molar-refractivity contribution < 1.29 is 0 Å². The van der Waals surface area contributed by atoms with E-state index in [1.54, 1.807) is 0 Å². The van der Waals surface area contributed by atoms with Crippen molar-refractivity contribution in [1.82, 2.24) is 4.98 Å².